The largest absolute Gasteiger partial charge is 0.369 e. The van der Waals surface area contributed by atoms with Gasteiger partial charge in [0.1, 0.15) is 0 Å². The van der Waals surface area contributed by atoms with Gasteiger partial charge in [0, 0.05) is 25.5 Å². The molecule has 1 aliphatic rings. The van der Waals surface area contributed by atoms with Crippen LogP contribution in [0.15, 0.2) is 73.1 Å². The first-order valence-corrected chi connectivity index (χ1v) is 10.6. The van der Waals surface area contributed by atoms with E-state index in [9.17, 15) is 9.59 Å². The minimum atomic E-state index is -0.758. The van der Waals surface area contributed by atoms with Crippen LogP contribution in [0.2, 0.25) is 0 Å². The van der Waals surface area contributed by atoms with Gasteiger partial charge in [-0.2, -0.15) is 0 Å². The molecule has 2 amide bonds. The molecule has 0 spiro atoms. The maximum atomic E-state index is 12.9. The third-order valence-corrected chi connectivity index (χ3v) is 6.24. The van der Waals surface area contributed by atoms with Crippen molar-refractivity contribution in [2.45, 2.75) is 26.2 Å². The number of carbonyl (C=O) groups excluding carboxylic acids is 2. The monoisotopic (exact) mass is 413 g/mol. The number of carbonyl (C=O) groups is 2. The molecule has 0 radical (unpaired) electrons. The Hall–Kier alpha value is -3.47. The maximum Gasteiger partial charge on any atom is 0.227 e. The number of benzene rings is 2. The molecule has 5 heteroatoms. The molecule has 1 aliphatic heterocycles. The second kappa shape index (κ2) is 8.72. The van der Waals surface area contributed by atoms with Gasteiger partial charge in [0.2, 0.25) is 11.8 Å². The zero-order valence-corrected chi connectivity index (χ0v) is 17.8. The summed E-state index contributed by atoms with van der Waals surface area (Å²) in [6, 6.07) is 20.0. The highest BCUT2D eigenvalue weighted by atomic mass is 16.2. The minimum absolute atomic E-state index is 0.0365. The molecule has 1 saturated heterocycles. The van der Waals surface area contributed by atoms with Gasteiger partial charge in [-0.15, -0.1) is 0 Å². The average Bonchev–Trinajstić information content (AvgIpc) is 3.22. The lowest BCUT2D eigenvalue weighted by Gasteiger charge is -2.27. The number of likely N-dealkylation sites (tertiary alicyclic amines) is 1. The number of primary amides is 1. The molecule has 4 rings (SSSR count). The predicted molar refractivity (Wildman–Crippen MR) is 121 cm³/mol. The van der Waals surface area contributed by atoms with Crippen molar-refractivity contribution in [3.63, 3.8) is 0 Å². The quantitative estimate of drug-likeness (QED) is 0.671. The third kappa shape index (κ3) is 4.50. The van der Waals surface area contributed by atoms with Crippen molar-refractivity contribution in [1.82, 2.24) is 9.88 Å². The molecule has 1 atom stereocenters. The standard InChI is InChI=1S/C26H27N3O2/c1-19-6-8-20(9-7-19)16-24(30)29-15-12-26(18-29,25(27)31)17-22-4-2-3-5-23(22)21-10-13-28-14-11-21/h2-11,13-14H,12,15-18H2,1H3,(H2,27,31)/t26-/m0/s1. The van der Waals surface area contributed by atoms with E-state index in [1.807, 2.05) is 61.5 Å². The Morgan fingerprint density at radius 1 is 1.03 bits per heavy atom. The Bertz CT molecular complexity index is 1080. The number of pyridine rings is 1. The predicted octanol–water partition coefficient (Wildman–Crippen LogP) is 3.55. The number of hydrogen-bond donors (Lipinski definition) is 1. The number of nitrogens with zero attached hydrogens (tertiary/aromatic N) is 2. The summed E-state index contributed by atoms with van der Waals surface area (Å²) in [6.07, 6.45) is 4.94. The van der Waals surface area contributed by atoms with Crippen LogP contribution >= 0.6 is 0 Å². The van der Waals surface area contributed by atoms with Gasteiger partial charge in [-0.25, -0.2) is 0 Å². The van der Waals surface area contributed by atoms with Gasteiger partial charge in [-0.1, -0.05) is 54.1 Å². The summed E-state index contributed by atoms with van der Waals surface area (Å²) >= 11 is 0. The fourth-order valence-corrected chi connectivity index (χ4v) is 4.36. The van der Waals surface area contributed by atoms with E-state index in [1.54, 1.807) is 17.3 Å². The van der Waals surface area contributed by atoms with Crippen molar-refractivity contribution in [1.29, 1.82) is 0 Å². The molecule has 2 aromatic carbocycles. The highest BCUT2D eigenvalue weighted by molar-refractivity contribution is 5.85. The lowest BCUT2D eigenvalue weighted by Crippen LogP contribution is -2.42. The van der Waals surface area contributed by atoms with Gasteiger partial charge in [-0.05, 0) is 54.2 Å². The van der Waals surface area contributed by atoms with E-state index >= 15 is 0 Å². The Balaban J connectivity index is 1.54. The molecule has 3 aromatic rings. The molecule has 1 fully saturated rings. The highest BCUT2D eigenvalue weighted by Gasteiger charge is 2.45. The Labute approximate surface area is 182 Å². The van der Waals surface area contributed by atoms with Crippen molar-refractivity contribution < 1.29 is 9.59 Å². The molecular weight excluding hydrogens is 386 g/mol. The minimum Gasteiger partial charge on any atom is -0.369 e. The van der Waals surface area contributed by atoms with Crippen molar-refractivity contribution in [3.05, 3.63) is 89.7 Å². The lowest BCUT2D eigenvalue weighted by molar-refractivity contribution is -0.131. The number of hydrogen-bond acceptors (Lipinski definition) is 3. The van der Waals surface area contributed by atoms with Crippen LogP contribution in [0, 0.1) is 12.3 Å². The van der Waals surface area contributed by atoms with Crippen LogP contribution in [0.4, 0.5) is 0 Å². The SMILES string of the molecule is Cc1ccc(CC(=O)N2CC[C@@](Cc3ccccc3-c3ccncc3)(C(N)=O)C2)cc1. The van der Waals surface area contributed by atoms with Crippen molar-refractivity contribution >= 4 is 11.8 Å². The highest BCUT2D eigenvalue weighted by Crippen LogP contribution is 2.37. The topological polar surface area (TPSA) is 76.3 Å². The molecule has 5 nitrogen and oxygen atoms in total. The zero-order valence-electron chi connectivity index (χ0n) is 17.8. The van der Waals surface area contributed by atoms with E-state index < -0.39 is 5.41 Å². The van der Waals surface area contributed by atoms with Crippen molar-refractivity contribution in [2.24, 2.45) is 11.1 Å². The lowest BCUT2D eigenvalue weighted by atomic mass is 9.78. The van der Waals surface area contributed by atoms with Crippen LogP contribution in [0.1, 0.15) is 23.1 Å². The molecule has 31 heavy (non-hydrogen) atoms. The summed E-state index contributed by atoms with van der Waals surface area (Å²) in [4.78, 5) is 31.4. The third-order valence-electron chi connectivity index (χ3n) is 6.24. The van der Waals surface area contributed by atoms with E-state index in [1.165, 1.54) is 0 Å². The van der Waals surface area contributed by atoms with Crippen molar-refractivity contribution in [3.8, 4) is 11.1 Å². The summed E-state index contributed by atoms with van der Waals surface area (Å²) in [6.45, 7) is 2.93. The number of amides is 2. The van der Waals surface area contributed by atoms with Crippen LogP contribution in [0.3, 0.4) is 0 Å². The van der Waals surface area contributed by atoms with E-state index in [2.05, 4.69) is 11.1 Å². The van der Waals surface area contributed by atoms with Crippen LogP contribution in [0.5, 0.6) is 0 Å². The second-order valence-corrected chi connectivity index (χ2v) is 8.44. The Morgan fingerprint density at radius 2 is 1.74 bits per heavy atom. The van der Waals surface area contributed by atoms with Crippen LogP contribution < -0.4 is 5.73 Å². The summed E-state index contributed by atoms with van der Waals surface area (Å²) < 4.78 is 0. The van der Waals surface area contributed by atoms with Crippen molar-refractivity contribution in [2.75, 3.05) is 13.1 Å². The van der Waals surface area contributed by atoms with Crippen LogP contribution in [-0.4, -0.2) is 34.8 Å². The van der Waals surface area contributed by atoms with E-state index in [0.717, 1.165) is 27.8 Å². The van der Waals surface area contributed by atoms with E-state index in [-0.39, 0.29) is 11.8 Å². The number of rotatable bonds is 6. The summed E-state index contributed by atoms with van der Waals surface area (Å²) in [5.41, 5.74) is 10.5. The van der Waals surface area contributed by atoms with Gasteiger partial charge in [0.05, 0.1) is 11.8 Å². The van der Waals surface area contributed by atoms with Gasteiger partial charge in [0.25, 0.3) is 0 Å². The first-order chi connectivity index (χ1) is 15.0. The number of nitrogens with two attached hydrogens (primary N) is 1. The molecule has 0 aliphatic carbocycles. The molecule has 0 unspecified atom stereocenters. The first-order valence-electron chi connectivity index (χ1n) is 10.6. The molecule has 158 valence electrons. The number of aromatic nitrogens is 1. The van der Waals surface area contributed by atoms with E-state index in [4.69, 9.17) is 5.73 Å². The van der Waals surface area contributed by atoms with Crippen LogP contribution in [-0.2, 0) is 22.4 Å². The van der Waals surface area contributed by atoms with Gasteiger partial charge >= 0.3 is 0 Å². The average molecular weight is 414 g/mol. The van der Waals surface area contributed by atoms with Crippen LogP contribution in [0.25, 0.3) is 11.1 Å². The summed E-state index contributed by atoms with van der Waals surface area (Å²) in [5, 5.41) is 0. The fraction of sp³-hybridized carbons (Fsp3) is 0.269. The molecular formula is C26H27N3O2. The Morgan fingerprint density at radius 3 is 2.45 bits per heavy atom. The van der Waals surface area contributed by atoms with Gasteiger partial charge in [0.15, 0.2) is 0 Å². The second-order valence-electron chi connectivity index (χ2n) is 8.44. The van der Waals surface area contributed by atoms with E-state index in [0.29, 0.717) is 32.4 Å². The molecule has 0 saturated carbocycles. The van der Waals surface area contributed by atoms with Gasteiger partial charge < -0.3 is 10.6 Å². The zero-order chi connectivity index (χ0) is 21.8. The van der Waals surface area contributed by atoms with Gasteiger partial charge in [-0.3, -0.25) is 14.6 Å². The summed E-state index contributed by atoms with van der Waals surface area (Å²) in [7, 11) is 0. The first kappa shape index (κ1) is 20.8. The fourth-order valence-electron chi connectivity index (χ4n) is 4.36. The summed E-state index contributed by atoms with van der Waals surface area (Å²) in [5.74, 6) is -0.308. The smallest absolute Gasteiger partial charge is 0.227 e. The maximum absolute atomic E-state index is 12.9. The molecule has 1 aromatic heterocycles. The molecule has 2 N–H and O–H groups in total. The molecule has 2 heterocycles. The molecule has 0 bridgehead atoms. The normalized spacial score (nSPS) is 18.2. The Kier molecular flexibility index (Phi) is 5.85. The number of aryl methyl sites for hydroxylation is 1.